The summed E-state index contributed by atoms with van der Waals surface area (Å²) in [5.74, 6) is 2.25. The normalized spacial score (nSPS) is 10.8. The Morgan fingerprint density at radius 2 is 1.76 bits per heavy atom. The van der Waals surface area contributed by atoms with Gasteiger partial charge in [-0.3, -0.25) is 9.89 Å². The smallest absolute Gasteiger partial charge is 0.256 e. The Labute approximate surface area is 171 Å². The zero-order chi connectivity index (χ0) is 20.8. The molecule has 2 N–H and O–H groups in total. The summed E-state index contributed by atoms with van der Waals surface area (Å²) < 4.78 is 10.6. The number of nitrogens with zero attached hydrogens (tertiary/aromatic N) is 1. The third-order valence-corrected chi connectivity index (χ3v) is 4.78. The van der Waals surface area contributed by atoms with E-state index < -0.39 is 0 Å². The van der Waals surface area contributed by atoms with Crippen molar-refractivity contribution in [3.05, 3.63) is 70.9 Å². The molecule has 1 amide bonds. The highest BCUT2D eigenvalue weighted by atomic mass is 16.5. The van der Waals surface area contributed by atoms with Gasteiger partial charge in [-0.1, -0.05) is 26.0 Å². The maximum Gasteiger partial charge on any atom is 0.256 e. The summed E-state index contributed by atoms with van der Waals surface area (Å²) in [4.78, 5) is 12.5. The van der Waals surface area contributed by atoms with Crippen molar-refractivity contribution in [1.82, 2.24) is 10.2 Å². The van der Waals surface area contributed by atoms with Crippen LogP contribution < -0.4 is 14.8 Å². The van der Waals surface area contributed by atoms with Crippen LogP contribution in [0.25, 0.3) is 0 Å². The lowest BCUT2D eigenvalue weighted by Crippen LogP contribution is -2.12. The third kappa shape index (κ3) is 5.38. The Morgan fingerprint density at radius 3 is 2.41 bits per heavy atom. The fourth-order valence-corrected chi connectivity index (χ4v) is 3.07. The van der Waals surface area contributed by atoms with E-state index in [4.69, 9.17) is 9.47 Å². The molecule has 6 heteroatoms. The minimum absolute atomic E-state index is 0.164. The van der Waals surface area contributed by atoms with Gasteiger partial charge in [-0.15, -0.1) is 0 Å². The van der Waals surface area contributed by atoms with Gasteiger partial charge < -0.3 is 14.8 Å². The van der Waals surface area contributed by atoms with Gasteiger partial charge in [0.15, 0.2) is 5.82 Å². The zero-order valence-electron chi connectivity index (χ0n) is 17.3. The van der Waals surface area contributed by atoms with Crippen molar-refractivity contribution in [2.45, 2.75) is 32.6 Å². The number of carbonyl (C=O) groups is 1. The SMILES string of the molecule is COc1cc(CCc2cc(NC(=O)c3cccc(C(C)C)c3)n[nH]2)cc(OC)c1. The molecule has 29 heavy (non-hydrogen) atoms. The summed E-state index contributed by atoms with van der Waals surface area (Å²) in [7, 11) is 3.28. The van der Waals surface area contributed by atoms with Crippen LogP contribution in [0.1, 0.15) is 46.9 Å². The molecular formula is C23H27N3O3. The fourth-order valence-electron chi connectivity index (χ4n) is 3.07. The van der Waals surface area contributed by atoms with E-state index in [-0.39, 0.29) is 5.91 Å². The van der Waals surface area contributed by atoms with Crippen LogP contribution in [0.15, 0.2) is 48.5 Å². The molecule has 3 rings (SSSR count). The summed E-state index contributed by atoms with van der Waals surface area (Å²) in [6, 6.07) is 15.4. The van der Waals surface area contributed by atoms with Gasteiger partial charge in [-0.25, -0.2) is 0 Å². The van der Waals surface area contributed by atoms with Crippen molar-refractivity contribution in [2.75, 3.05) is 19.5 Å². The van der Waals surface area contributed by atoms with Crippen molar-refractivity contribution in [1.29, 1.82) is 0 Å². The largest absolute Gasteiger partial charge is 0.497 e. The Hall–Kier alpha value is -3.28. The number of nitrogens with one attached hydrogen (secondary N) is 2. The Morgan fingerprint density at radius 1 is 1.03 bits per heavy atom. The van der Waals surface area contributed by atoms with Gasteiger partial charge in [-0.05, 0) is 54.2 Å². The standard InChI is InChI=1S/C23H27N3O3/c1-15(2)17-6-5-7-18(12-17)23(27)24-22-13-19(25-26-22)9-8-16-10-20(28-3)14-21(11-16)29-4/h5-7,10-15H,8-9H2,1-4H3,(H2,24,25,26,27). The highest BCUT2D eigenvalue weighted by molar-refractivity contribution is 6.03. The number of amides is 1. The minimum atomic E-state index is -0.164. The van der Waals surface area contributed by atoms with Crippen molar-refractivity contribution in [3.8, 4) is 11.5 Å². The summed E-state index contributed by atoms with van der Waals surface area (Å²) in [6.45, 7) is 4.21. The molecule has 0 saturated carbocycles. The number of benzene rings is 2. The number of ether oxygens (including phenoxy) is 2. The van der Waals surface area contributed by atoms with E-state index in [1.165, 1.54) is 0 Å². The van der Waals surface area contributed by atoms with Crippen molar-refractivity contribution in [3.63, 3.8) is 0 Å². The van der Waals surface area contributed by atoms with Gasteiger partial charge in [0.05, 0.1) is 14.2 Å². The Kier molecular flexibility index (Phi) is 6.54. The summed E-state index contributed by atoms with van der Waals surface area (Å²) in [6.07, 6.45) is 1.54. The molecule has 2 aromatic carbocycles. The minimum Gasteiger partial charge on any atom is -0.497 e. The summed E-state index contributed by atoms with van der Waals surface area (Å²) in [5.41, 5.74) is 3.81. The van der Waals surface area contributed by atoms with Crippen LogP contribution in [0.3, 0.4) is 0 Å². The van der Waals surface area contributed by atoms with Crippen molar-refractivity contribution < 1.29 is 14.3 Å². The molecular weight excluding hydrogens is 366 g/mol. The second-order valence-electron chi connectivity index (χ2n) is 7.23. The fraction of sp³-hybridized carbons (Fsp3) is 0.304. The number of hydrogen-bond donors (Lipinski definition) is 2. The molecule has 0 unspecified atom stereocenters. The first-order valence-electron chi connectivity index (χ1n) is 9.66. The van der Waals surface area contributed by atoms with E-state index in [1.807, 2.05) is 48.5 Å². The molecule has 0 aliphatic carbocycles. The molecule has 3 aromatic rings. The van der Waals surface area contributed by atoms with Crippen LogP contribution in [0.2, 0.25) is 0 Å². The molecule has 0 radical (unpaired) electrons. The van der Waals surface area contributed by atoms with Crippen LogP contribution in [-0.4, -0.2) is 30.3 Å². The molecule has 0 bridgehead atoms. The van der Waals surface area contributed by atoms with Gasteiger partial charge in [-0.2, -0.15) is 5.10 Å². The number of rotatable bonds is 8. The van der Waals surface area contributed by atoms with Crippen LogP contribution in [-0.2, 0) is 12.8 Å². The van der Waals surface area contributed by atoms with E-state index in [1.54, 1.807) is 14.2 Å². The van der Waals surface area contributed by atoms with E-state index in [2.05, 4.69) is 29.4 Å². The Bertz CT molecular complexity index is 957. The highest BCUT2D eigenvalue weighted by Gasteiger charge is 2.11. The number of H-pyrrole nitrogens is 1. The van der Waals surface area contributed by atoms with E-state index in [0.717, 1.165) is 41.2 Å². The molecule has 6 nitrogen and oxygen atoms in total. The molecule has 0 fully saturated rings. The number of carbonyl (C=O) groups excluding carboxylic acids is 1. The molecule has 0 aliphatic heterocycles. The van der Waals surface area contributed by atoms with E-state index >= 15 is 0 Å². The van der Waals surface area contributed by atoms with Crippen LogP contribution in [0, 0.1) is 0 Å². The highest BCUT2D eigenvalue weighted by Crippen LogP contribution is 2.23. The predicted molar refractivity (Wildman–Crippen MR) is 114 cm³/mol. The molecule has 1 aromatic heterocycles. The number of aryl methyl sites for hydroxylation is 2. The number of hydrogen-bond acceptors (Lipinski definition) is 4. The first-order chi connectivity index (χ1) is 14.0. The number of methoxy groups -OCH3 is 2. The van der Waals surface area contributed by atoms with E-state index in [9.17, 15) is 4.79 Å². The summed E-state index contributed by atoms with van der Waals surface area (Å²) >= 11 is 0. The third-order valence-electron chi connectivity index (χ3n) is 4.78. The molecule has 0 aliphatic rings. The molecule has 0 atom stereocenters. The van der Waals surface area contributed by atoms with Gasteiger partial charge >= 0.3 is 0 Å². The summed E-state index contributed by atoms with van der Waals surface area (Å²) in [5, 5.41) is 10.1. The van der Waals surface area contributed by atoms with Gasteiger partial charge in [0.2, 0.25) is 0 Å². The maximum atomic E-state index is 12.5. The van der Waals surface area contributed by atoms with Crippen LogP contribution in [0.4, 0.5) is 5.82 Å². The second kappa shape index (κ2) is 9.28. The lowest BCUT2D eigenvalue weighted by atomic mass is 10.0. The van der Waals surface area contributed by atoms with E-state index in [0.29, 0.717) is 17.3 Å². The first kappa shape index (κ1) is 20.5. The number of aromatic amines is 1. The van der Waals surface area contributed by atoms with Crippen LogP contribution >= 0.6 is 0 Å². The van der Waals surface area contributed by atoms with Gasteiger partial charge in [0.25, 0.3) is 5.91 Å². The topological polar surface area (TPSA) is 76.2 Å². The zero-order valence-corrected chi connectivity index (χ0v) is 17.3. The monoisotopic (exact) mass is 393 g/mol. The molecule has 1 heterocycles. The van der Waals surface area contributed by atoms with Crippen molar-refractivity contribution in [2.24, 2.45) is 0 Å². The van der Waals surface area contributed by atoms with Gasteiger partial charge in [0, 0.05) is 23.4 Å². The average Bonchev–Trinajstić information content (AvgIpc) is 3.19. The maximum absolute atomic E-state index is 12.5. The van der Waals surface area contributed by atoms with Crippen LogP contribution in [0.5, 0.6) is 11.5 Å². The average molecular weight is 393 g/mol. The predicted octanol–water partition coefficient (Wildman–Crippen LogP) is 4.59. The lowest BCUT2D eigenvalue weighted by Gasteiger charge is -2.08. The first-order valence-corrected chi connectivity index (χ1v) is 9.66. The van der Waals surface area contributed by atoms with Gasteiger partial charge in [0.1, 0.15) is 11.5 Å². The molecule has 0 spiro atoms. The quantitative estimate of drug-likeness (QED) is 0.587. The molecule has 152 valence electrons. The Balaban J connectivity index is 1.62. The lowest BCUT2D eigenvalue weighted by molar-refractivity contribution is 0.102. The molecule has 0 saturated heterocycles. The second-order valence-corrected chi connectivity index (χ2v) is 7.23. The number of aromatic nitrogens is 2. The van der Waals surface area contributed by atoms with Crippen molar-refractivity contribution >= 4 is 11.7 Å². The number of anilines is 1.